The molecule has 22 heavy (non-hydrogen) atoms. The van der Waals surface area contributed by atoms with Crippen LogP contribution in [0.25, 0.3) is 0 Å². The van der Waals surface area contributed by atoms with Crippen LogP contribution in [0.4, 0.5) is 0 Å². The van der Waals surface area contributed by atoms with E-state index in [1.807, 2.05) is 55.5 Å². The van der Waals surface area contributed by atoms with Crippen LogP contribution >= 0.6 is 0 Å². The normalized spacial score (nSPS) is 11.7. The number of hydrogen-bond donors (Lipinski definition) is 1. The van der Waals surface area contributed by atoms with E-state index in [2.05, 4.69) is 0 Å². The predicted molar refractivity (Wildman–Crippen MR) is 84.7 cm³/mol. The Hall–Kier alpha value is -2.49. The maximum Gasteiger partial charge on any atom is 0.311 e. The van der Waals surface area contributed by atoms with Gasteiger partial charge in [-0.3, -0.25) is 4.79 Å². The van der Waals surface area contributed by atoms with Gasteiger partial charge >= 0.3 is 5.97 Å². The van der Waals surface area contributed by atoms with Crippen LogP contribution in [0.1, 0.15) is 23.5 Å². The zero-order valence-electron chi connectivity index (χ0n) is 12.8. The molecule has 0 aromatic heterocycles. The lowest BCUT2D eigenvalue weighted by atomic mass is 9.92. The van der Waals surface area contributed by atoms with E-state index in [0.29, 0.717) is 18.8 Å². The van der Waals surface area contributed by atoms with Gasteiger partial charge in [-0.1, -0.05) is 24.3 Å². The lowest BCUT2D eigenvalue weighted by Gasteiger charge is -2.15. The molecular weight excluding hydrogens is 280 g/mol. The van der Waals surface area contributed by atoms with Crippen LogP contribution in [0.3, 0.4) is 0 Å². The minimum absolute atomic E-state index is 0.345. The first kappa shape index (κ1) is 15.9. The summed E-state index contributed by atoms with van der Waals surface area (Å²) in [5, 5.41) is 9.44. The minimum Gasteiger partial charge on any atom is -0.497 e. The highest BCUT2D eigenvalue weighted by atomic mass is 16.5. The van der Waals surface area contributed by atoms with Gasteiger partial charge in [-0.25, -0.2) is 0 Å². The second kappa shape index (κ2) is 7.50. The third kappa shape index (κ3) is 4.01. The summed E-state index contributed by atoms with van der Waals surface area (Å²) in [4.78, 5) is 11.5. The van der Waals surface area contributed by atoms with Crippen LogP contribution in [0.15, 0.2) is 48.5 Å². The van der Waals surface area contributed by atoms with E-state index in [4.69, 9.17) is 9.47 Å². The van der Waals surface area contributed by atoms with Crippen molar-refractivity contribution < 1.29 is 19.4 Å². The fraction of sp³-hybridized carbons (Fsp3) is 0.278. The number of aryl methyl sites for hydroxylation is 1. The van der Waals surface area contributed by atoms with Gasteiger partial charge in [0.05, 0.1) is 19.6 Å². The number of aliphatic carboxylic acids is 1. The van der Waals surface area contributed by atoms with Crippen molar-refractivity contribution in [2.45, 2.75) is 19.3 Å². The van der Waals surface area contributed by atoms with Crippen molar-refractivity contribution in [1.29, 1.82) is 0 Å². The Kier molecular flexibility index (Phi) is 5.42. The van der Waals surface area contributed by atoms with Gasteiger partial charge < -0.3 is 14.6 Å². The molecule has 2 aromatic carbocycles. The van der Waals surface area contributed by atoms with Gasteiger partial charge in [0.25, 0.3) is 0 Å². The lowest BCUT2D eigenvalue weighted by Crippen LogP contribution is -2.16. The third-order valence-corrected chi connectivity index (χ3v) is 3.60. The molecule has 0 saturated carbocycles. The highest BCUT2D eigenvalue weighted by molar-refractivity contribution is 5.76. The molecule has 1 unspecified atom stereocenters. The Balaban J connectivity index is 1.98. The molecule has 0 fully saturated rings. The Morgan fingerprint density at radius 2 is 1.73 bits per heavy atom. The molecule has 4 nitrogen and oxygen atoms in total. The van der Waals surface area contributed by atoms with Crippen molar-refractivity contribution in [1.82, 2.24) is 0 Å². The van der Waals surface area contributed by atoms with E-state index in [1.54, 1.807) is 7.11 Å². The van der Waals surface area contributed by atoms with Crippen molar-refractivity contribution in [3.8, 4) is 11.5 Å². The van der Waals surface area contributed by atoms with Crippen LogP contribution < -0.4 is 9.47 Å². The first-order valence-electron chi connectivity index (χ1n) is 7.17. The van der Waals surface area contributed by atoms with E-state index in [0.717, 1.165) is 16.9 Å². The van der Waals surface area contributed by atoms with Gasteiger partial charge in [0.15, 0.2) is 0 Å². The zero-order chi connectivity index (χ0) is 15.9. The topological polar surface area (TPSA) is 55.8 Å². The van der Waals surface area contributed by atoms with Gasteiger partial charge in [0, 0.05) is 0 Å². The molecule has 0 aliphatic carbocycles. The molecule has 116 valence electrons. The van der Waals surface area contributed by atoms with Gasteiger partial charge in [0.2, 0.25) is 0 Å². The summed E-state index contributed by atoms with van der Waals surface area (Å²) in [5.41, 5.74) is 1.83. The molecule has 0 saturated heterocycles. The Morgan fingerprint density at radius 1 is 1.09 bits per heavy atom. The van der Waals surface area contributed by atoms with Crippen molar-refractivity contribution in [2.24, 2.45) is 0 Å². The van der Waals surface area contributed by atoms with Gasteiger partial charge in [0.1, 0.15) is 11.5 Å². The van der Waals surface area contributed by atoms with Crippen LogP contribution in [-0.4, -0.2) is 24.8 Å². The average Bonchev–Trinajstić information content (AvgIpc) is 2.53. The highest BCUT2D eigenvalue weighted by Gasteiger charge is 2.21. The summed E-state index contributed by atoms with van der Waals surface area (Å²) < 4.78 is 10.7. The summed E-state index contributed by atoms with van der Waals surface area (Å²) in [6, 6.07) is 14.8. The summed E-state index contributed by atoms with van der Waals surface area (Å²) >= 11 is 0. The summed E-state index contributed by atoms with van der Waals surface area (Å²) in [6.07, 6.45) is 0.423. The fourth-order valence-electron chi connectivity index (χ4n) is 2.36. The molecule has 0 bridgehead atoms. The molecule has 0 amide bonds. The van der Waals surface area contributed by atoms with Gasteiger partial charge in [-0.2, -0.15) is 0 Å². The fourth-order valence-corrected chi connectivity index (χ4v) is 2.36. The predicted octanol–water partition coefficient (Wildman–Crippen LogP) is 3.64. The largest absolute Gasteiger partial charge is 0.497 e. The first-order valence-corrected chi connectivity index (χ1v) is 7.17. The second-order valence-corrected chi connectivity index (χ2v) is 5.06. The minimum atomic E-state index is -0.826. The molecule has 0 aliphatic heterocycles. The standard InChI is InChI=1S/C18H20O4/c1-13-5-3-4-6-16(13)17(18(19)20)11-12-22-15-9-7-14(21-2)8-10-15/h3-10,17H,11-12H2,1-2H3,(H,19,20). The van der Waals surface area contributed by atoms with Crippen LogP contribution in [0.2, 0.25) is 0 Å². The first-order chi connectivity index (χ1) is 10.6. The molecule has 1 N–H and O–H groups in total. The number of benzene rings is 2. The summed E-state index contributed by atoms with van der Waals surface area (Å²) in [5.74, 6) is 0.0810. The number of methoxy groups -OCH3 is 1. The monoisotopic (exact) mass is 300 g/mol. The molecule has 0 aliphatic rings. The third-order valence-electron chi connectivity index (χ3n) is 3.60. The lowest BCUT2D eigenvalue weighted by molar-refractivity contribution is -0.139. The van der Waals surface area contributed by atoms with E-state index in [9.17, 15) is 9.90 Å². The van der Waals surface area contributed by atoms with Gasteiger partial charge in [-0.05, 0) is 48.7 Å². The van der Waals surface area contributed by atoms with E-state index in [1.165, 1.54) is 0 Å². The molecule has 0 spiro atoms. The average molecular weight is 300 g/mol. The number of hydrogen-bond acceptors (Lipinski definition) is 3. The number of ether oxygens (including phenoxy) is 2. The molecule has 2 rings (SSSR count). The maximum absolute atomic E-state index is 11.5. The molecule has 4 heteroatoms. The second-order valence-electron chi connectivity index (χ2n) is 5.06. The highest BCUT2D eigenvalue weighted by Crippen LogP contribution is 2.24. The van der Waals surface area contributed by atoms with Crippen LogP contribution in [0.5, 0.6) is 11.5 Å². The summed E-state index contributed by atoms with van der Waals surface area (Å²) in [7, 11) is 1.61. The van der Waals surface area contributed by atoms with Crippen molar-refractivity contribution in [2.75, 3.05) is 13.7 Å². The molecule has 2 aromatic rings. The van der Waals surface area contributed by atoms with E-state index >= 15 is 0 Å². The molecule has 1 atom stereocenters. The molecular formula is C18H20O4. The Bertz CT molecular complexity index is 619. The van der Waals surface area contributed by atoms with Crippen LogP contribution in [0, 0.1) is 6.92 Å². The van der Waals surface area contributed by atoms with Crippen molar-refractivity contribution in [3.05, 3.63) is 59.7 Å². The van der Waals surface area contributed by atoms with Crippen molar-refractivity contribution in [3.63, 3.8) is 0 Å². The molecule has 0 heterocycles. The maximum atomic E-state index is 11.5. The van der Waals surface area contributed by atoms with Gasteiger partial charge in [-0.15, -0.1) is 0 Å². The Labute approximate surface area is 130 Å². The van der Waals surface area contributed by atoms with Crippen molar-refractivity contribution >= 4 is 5.97 Å². The number of carboxylic acids is 1. The smallest absolute Gasteiger partial charge is 0.311 e. The van der Waals surface area contributed by atoms with E-state index in [-0.39, 0.29) is 0 Å². The SMILES string of the molecule is COc1ccc(OCCC(C(=O)O)c2ccccc2C)cc1. The quantitative estimate of drug-likeness (QED) is 0.848. The van der Waals surface area contributed by atoms with E-state index < -0.39 is 11.9 Å². The number of carbonyl (C=O) groups is 1. The van der Waals surface area contributed by atoms with Crippen LogP contribution in [-0.2, 0) is 4.79 Å². The zero-order valence-corrected chi connectivity index (χ0v) is 12.8. The number of rotatable bonds is 7. The summed E-state index contributed by atoms with van der Waals surface area (Å²) in [6.45, 7) is 2.27. The Morgan fingerprint density at radius 3 is 2.32 bits per heavy atom. The molecule has 0 radical (unpaired) electrons. The number of carboxylic acid groups (broad SMARTS) is 1.